The van der Waals surface area contributed by atoms with E-state index in [1.165, 1.54) is 11.1 Å². The van der Waals surface area contributed by atoms with E-state index in [4.69, 9.17) is 9.73 Å². The lowest BCUT2D eigenvalue weighted by atomic mass is 10.1. The Morgan fingerprint density at radius 2 is 2.03 bits per heavy atom. The largest absolute Gasteiger partial charge is 0.379 e. The minimum absolute atomic E-state index is 0. The fourth-order valence-corrected chi connectivity index (χ4v) is 3.84. The number of thiazole rings is 1. The van der Waals surface area contributed by atoms with Gasteiger partial charge in [0.1, 0.15) is 0 Å². The third-order valence-corrected chi connectivity index (χ3v) is 5.43. The Kier molecular flexibility index (Phi) is 10.9. The lowest BCUT2D eigenvalue weighted by Crippen LogP contribution is -2.38. The summed E-state index contributed by atoms with van der Waals surface area (Å²) in [4.78, 5) is 11.7. The van der Waals surface area contributed by atoms with Gasteiger partial charge >= 0.3 is 0 Å². The fraction of sp³-hybridized carbons (Fsp3) is 0.524. The molecule has 2 N–H and O–H groups in total. The number of guanidine groups is 1. The van der Waals surface area contributed by atoms with Crippen LogP contribution in [0.25, 0.3) is 0 Å². The summed E-state index contributed by atoms with van der Waals surface area (Å²) in [7, 11) is 0. The second-order valence-electron chi connectivity index (χ2n) is 6.94. The summed E-state index contributed by atoms with van der Waals surface area (Å²) in [5, 5.41) is 9.98. The summed E-state index contributed by atoms with van der Waals surface area (Å²) in [5.41, 5.74) is 3.71. The Morgan fingerprint density at radius 1 is 1.24 bits per heavy atom. The Morgan fingerprint density at radius 3 is 2.76 bits per heavy atom. The fourth-order valence-electron chi connectivity index (χ4n) is 3.19. The molecule has 3 rings (SSSR count). The first-order chi connectivity index (χ1) is 13.7. The molecule has 2 aromatic rings. The zero-order valence-electron chi connectivity index (χ0n) is 17.3. The molecule has 1 saturated heterocycles. The topological polar surface area (TPSA) is 61.8 Å². The molecule has 8 heteroatoms. The van der Waals surface area contributed by atoms with E-state index in [1.54, 1.807) is 11.3 Å². The number of ether oxygens (including phenoxy) is 1. The predicted octanol–water partition coefficient (Wildman–Crippen LogP) is 3.20. The maximum absolute atomic E-state index is 5.43. The maximum atomic E-state index is 5.43. The first kappa shape index (κ1) is 24.0. The van der Waals surface area contributed by atoms with Crippen molar-refractivity contribution in [3.8, 4) is 0 Å². The molecular weight excluding hydrogens is 497 g/mol. The van der Waals surface area contributed by atoms with Gasteiger partial charge in [-0.05, 0) is 25.0 Å². The second kappa shape index (κ2) is 13.1. The summed E-state index contributed by atoms with van der Waals surface area (Å²) in [6, 6.07) is 8.74. The molecule has 0 unspecified atom stereocenters. The smallest absolute Gasteiger partial charge is 0.191 e. The van der Waals surface area contributed by atoms with Gasteiger partial charge in [0.05, 0.1) is 30.5 Å². The third-order valence-electron chi connectivity index (χ3n) is 4.61. The average molecular weight is 529 g/mol. The number of nitrogens with zero attached hydrogens (tertiary/aromatic N) is 3. The molecule has 2 heterocycles. The van der Waals surface area contributed by atoms with Crippen molar-refractivity contribution < 1.29 is 4.74 Å². The Balaban J connectivity index is 0.00000300. The molecule has 1 fully saturated rings. The highest BCUT2D eigenvalue weighted by Gasteiger charge is 2.10. The number of aromatic nitrogens is 1. The molecule has 0 bridgehead atoms. The summed E-state index contributed by atoms with van der Waals surface area (Å²) in [6.07, 6.45) is 0.907. The van der Waals surface area contributed by atoms with Crippen molar-refractivity contribution in [3.05, 3.63) is 51.5 Å². The van der Waals surface area contributed by atoms with Crippen molar-refractivity contribution in [2.45, 2.75) is 33.4 Å². The van der Waals surface area contributed by atoms with Gasteiger partial charge in [-0.3, -0.25) is 4.90 Å². The number of morpholine rings is 1. The SMILES string of the molecule is CCNC(=NCc1cccc(CN2CCOCC2)c1)NCCc1csc(C)n1.I. The molecule has 6 nitrogen and oxygen atoms in total. The van der Waals surface area contributed by atoms with Crippen LogP contribution < -0.4 is 10.6 Å². The molecule has 0 spiro atoms. The molecule has 1 aliphatic heterocycles. The van der Waals surface area contributed by atoms with Gasteiger partial charge in [0.2, 0.25) is 0 Å². The molecule has 1 aromatic heterocycles. The first-order valence-corrected chi connectivity index (χ1v) is 10.9. The summed E-state index contributed by atoms with van der Waals surface area (Å²) in [6.45, 7) is 11.1. The van der Waals surface area contributed by atoms with Gasteiger partial charge in [-0.1, -0.05) is 24.3 Å². The van der Waals surface area contributed by atoms with Gasteiger partial charge in [0.25, 0.3) is 0 Å². The molecule has 0 amide bonds. The molecule has 1 aromatic carbocycles. The molecule has 29 heavy (non-hydrogen) atoms. The van der Waals surface area contributed by atoms with Crippen molar-refractivity contribution >= 4 is 41.3 Å². The number of aliphatic imine (C=N–C) groups is 1. The van der Waals surface area contributed by atoms with E-state index in [2.05, 4.69) is 57.1 Å². The summed E-state index contributed by atoms with van der Waals surface area (Å²) in [5.74, 6) is 0.855. The number of rotatable bonds is 8. The minimum atomic E-state index is 0. The van der Waals surface area contributed by atoms with Gasteiger partial charge in [-0.2, -0.15) is 0 Å². The standard InChI is InChI=1S/C21H31N5OS.HI/c1-3-22-21(23-8-7-20-16-28-17(2)25-20)24-14-18-5-4-6-19(13-18)15-26-9-11-27-12-10-26;/h4-6,13,16H,3,7-12,14-15H2,1-2H3,(H2,22,23,24);1H. The van der Waals surface area contributed by atoms with Gasteiger partial charge in [-0.25, -0.2) is 9.98 Å². The van der Waals surface area contributed by atoms with Crippen LogP contribution in [-0.4, -0.2) is 55.2 Å². The van der Waals surface area contributed by atoms with Gasteiger partial charge in [0.15, 0.2) is 5.96 Å². The number of hydrogen-bond acceptors (Lipinski definition) is 5. The monoisotopic (exact) mass is 529 g/mol. The molecular formula is C21H32IN5OS. The van der Waals surface area contributed by atoms with E-state index in [9.17, 15) is 0 Å². The molecule has 0 saturated carbocycles. The van der Waals surface area contributed by atoms with E-state index < -0.39 is 0 Å². The molecule has 160 valence electrons. The highest BCUT2D eigenvalue weighted by molar-refractivity contribution is 14.0. The van der Waals surface area contributed by atoms with E-state index in [1.807, 2.05) is 6.92 Å². The van der Waals surface area contributed by atoms with Gasteiger partial charge in [0, 0.05) is 44.5 Å². The molecule has 0 atom stereocenters. The lowest BCUT2D eigenvalue weighted by Gasteiger charge is -2.26. The van der Waals surface area contributed by atoms with Gasteiger partial charge in [-0.15, -0.1) is 35.3 Å². The highest BCUT2D eigenvalue weighted by atomic mass is 127. The van der Waals surface area contributed by atoms with Crippen LogP contribution in [0.15, 0.2) is 34.6 Å². The zero-order valence-corrected chi connectivity index (χ0v) is 20.5. The van der Waals surface area contributed by atoms with E-state index >= 15 is 0 Å². The Hall–Kier alpha value is -1.23. The van der Waals surface area contributed by atoms with E-state index in [0.717, 1.165) is 69.0 Å². The van der Waals surface area contributed by atoms with Crippen molar-refractivity contribution in [1.82, 2.24) is 20.5 Å². The van der Waals surface area contributed by atoms with Crippen LogP contribution in [0, 0.1) is 6.92 Å². The number of hydrogen-bond donors (Lipinski definition) is 2. The Labute approximate surface area is 195 Å². The third kappa shape index (κ3) is 8.57. The van der Waals surface area contributed by atoms with E-state index in [-0.39, 0.29) is 24.0 Å². The second-order valence-corrected chi connectivity index (χ2v) is 8.00. The number of aryl methyl sites for hydroxylation is 1. The summed E-state index contributed by atoms with van der Waals surface area (Å²) < 4.78 is 5.43. The van der Waals surface area contributed by atoms with Crippen LogP contribution in [0.2, 0.25) is 0 Å². The number of halogens is 1. The summed E-state index contributed by atoms with van der Waals surface area (Å²) >= 11 is 1.70. The van der Waals surface area contributed by atoms with Crippen LogP contribution in [0.5, 0.6) is 0 Å². The van der Waals surface area contributed by atoms with Crippen LogP contribution in [0.4, 0.5) is 0 Å². The predicted molar refractivity (Wildman–Crippen MR) is 131 cm³/mol. The minimum Gasteiger partial charge on any atom is -0.379 e. The first-order valence-electron chi connectivity index (χ1n) is 10.0. The van der Waals surface area contributed by atoms with Gasteiger partial charge < -0.3 is 15.4 Å². The van der Waals surface area contributed by atoms with Crippen molar-refractivity contribution in [2.24, 2.45) is 4.99 Å². The van der Waals surface area contributed by atoms with E-state index in [0.29, 0.717) is 6.54 Å². The van der Waals surface area contributed by atoms with Crippen molar-refractivity contribution in [1.29, 1.82) is 0 Å². The van der Waals surface area contributed by atoms with Crippen molar-refractivity contribution in [2.75, 3.05) is 39.4 Å². The lowest BCUT2D eigenvalue weighted by molar-refractivity contribution is 0.0342. The quantitative estimate of drug-likeness (QED) is 0.313. The number of nitrogens with one attached hydrogen (secondary N) is 2. The molecule has 0 aliphatic carbocycles. The maximum Gasteiger partial charge on any atom is 0.191 e. The van der Waals surface area contributed by atoms with Crippen LogP contribution in [0.1, 0.15) is 28.8 Å². The van der Waals surface area contributed by atoms with Crippen LogP contribution >= 0.6 is 35.3 Å². The average Bonchev–Trinajstić information content (AvgIpc) is 3.12. The zero-order chi connectivity index (χ0) is 19.6. The van der Waals surface area contributed by atoms with Crippen LogP contribution in [0.3, 0.4) is 0 Å². The Bertz CT molecular complexity index is 761. The molecule has 1 aliphatic rings. The normalized spacial score (nSPS) is 15.0. The molecule has 0 radical (unpaired) electrons. The number of benzene rings is 1. The van der Waals surface area contributed by atoms with Crippen molar-refractivity contribution in [3.63, 3.8) is 0 Å². The van der Waals surface area contributed by atoms with Crippen LogP contribution in [-0.2, 0) is 24.2 Å². The highest BCUT2D eigenvalue weighted by Crippen LogP contribution is 2.11.